The number of halogens is 1. The Morgan fingerprint density at radius 2 is 1.68 bits per heavy atom. The number of rotatable bonds is 7. The van der Waals surface area contributed by atoms with Gasteiger partial charge in [0, 0.05) is 29.8 Å². The van der Waals surface area contributed by atoms with E-state index in [2.05, 4.69) is 31.3 Å². The molecule has 1 N–H and O–H groups in total. The number of carbonyl (C=O) groups excluding carboxylic acids is 3. The lowest BCUT2D eigenvalue weighted by Crippen LogP contribution is -2.55. The summed E-state index contributed by atoms with van der Waals surface area (Å²) in [6.07, 6.45) is 3.28. The van der Waals surface area contributed by atoms with Gasteiger partial charge in [0.25, 0.3) is 0 Å². The zero-order chi connectivity index (χ0) is 24.9. The first-order chi connectivity index (χ1) is 16.1. The van der Waals surface area contributed by atoms with Crippen molar-refractivity contribution in [2.24, 2.45) is 11.3 Å². The Balaban J connectivity index is 1.65. The van der Waals surface area contributed by atoms with Gasteiger partial charge in [0.05, 0.1) is 0 Å². The lowest BCUT2D eigenvalue weighted by molar-refractivity contribution is -0.140. The third-order valence-electron chi connectivity index (χ3n) is 6.49. The Labute approximate surface area is 207 Å². The maximum Gasteiger partial charge on any atom is 0.245 e. The lowest BCUT2D eigenvalue weighted by Gasteiger charge is -2.45. The van der Waals surface area contributed by atoms with Crippen molar-refractivity contribution in [1.82, 2.24) is 10.2 Å². The van der Waals surface area contributed by atoms with Crippen LogP contribution >= 0.6 is 11.6 Å². The number of hydrogen-bond acceptors (Lipinski definition) is 3. The van der Waals surface area contributed by atoms with Gasteiger partial charge in [-0.25, -0.2) is 0 Å². The van der Waals surface area contributed by atoms with Crippen LogP contribution in [0.2, 0.25) is 5.02 Å². The maximum absolute atomic E-state index is 13.4. The molecule has 180 valence electrons. The molecule has 3 rings (SSSR count). The molecule has 1 saturated heterocycles. The zero-order valence-corrected chi connectivity index (χ0v) is 21.0. The molecule has 1 heterocycles. The fourth-order valence-corrected chi connectivity index (χ4v) is 4.75. The molecule has 0 saturated carbocycles. The first-order valence-electron chi connectivity index (χ1n) is 11.7. The quantitative estimate of drug-likeness (QED) is 0.434. The molecule has 1 fully saturated rings. The van der Waals surface area contributed by atoms with Crippen LogP contribution in [0.5, 0.6) is 0 Å². The number of benzene rings is 2. The van der Waals surface area contributed by atoms with Crippen molar-refractivity contribution < 1.29 is 14.4 Å². The number of allylic oxidation sites excluding steroid dienone is 1. The number of likely N-dealkylation sites (tertiary alicyclic amines) is 1. The number of ketones is 1. The zero-order valence-electron chi connectivity index (χ0n) is 20.3. The first kappa shape index (κ1) is 25.7. The summed E-state index contributed by atoms with van der Waals surface area (Å²) in [5.74, 6) is -0.575. The SMILES string of the molecule is CC(C)[C@@H](NC(=O)/C=C/C(=O)c1ccccc1)C(=O)N1CCC(c2ccc(Cl)cc2)C(C)(C)C1. The van der Waals surface area contributed by atoms with E-state index in [1.165, 1.54) is 17.7 Å². The Kier molecular flexibility index (Phi) is 8.32. The number of hydrogen-bond donors (Lipinski definition) is 1. The molecule has 1 aliphatic rings. The molecule has 34 heavy (non-hydrogen) atoms. The number of nitrogens with one attached hydrogen (secondary N) is 1. The minimum absolute atomic E-state index is 0.0891. The summed E-state index contributed by atoms with van der Waals surface area (Å²) in [4.78, 5) is 40.1. The van der Waals surface area contributed by atoms with E-state index in [-0.39, 0.29) is 23.0 Å². The van der Waals surface area contributed by atoms with Crippen LogP contribution in [0.15, 0.2) is 66.7 Å². The molecule has 2 aromatic rings. The Morgan fingerprint density at radius 3 is 2.26 bits per heavy atom. The molecule has 2 atom stereocenters. The standard InChI is InChI=1S/C28H33ClN2O3/c1-19(2)26(30-25(33)15-14-24(32)21-8-6-5-7-9-21)27(34)31-17-16-23(28(3,4)18-31)20-10-12-22(29)13-11-20/h5-15,19,23,26H,16-18H2,1-4H3,(H,30,33)/b15-14+/t23?,26-/m1/s1. The van der Waals surface area contributed by atoms with E-state index in [1.54, 1.807) is 24.3 Å². The van der Waals surface area contributed by atoms with Gasteiger partial charge in [0.1, 0.15) is 6.04 Å². The summed E-state index contributed by atoms with van der Waals surface area (Å²) < 4.78 is 0. The van der Waals surface area contributed by atoms with Gasteiger partial charge in [0.15, 0.2) is 5.78 Å². The second-order valence-electron chi connectivity index (χ2n) is 9.94. The lowest BCUT2D eigenvalue weighted by atomic mass is 9.70. The fourth-order valence-electron chi connectivity index (χ4n) is 4.62. The highest BCUT2D eigenvalue weighted by Gasteiger charge is 2.40. The van der Waals surface area contributed by atoms with Crippen molar-refractivity contribution in [2.75, 3.05) is 13.1 Å². The molecule has 1 aliphatic heterocycles. The molecule has 2 aromatic carbocycles. The third kappa shape index (κ3) is 6.35. The number of nitrogens with zero attached hydrogens (tertiary/aromatic N) is 1. The van der Waals surface area contributed by atoms with Crippen LogP contribution in [0.1, 0.15) is 56.0 Å². The monoisotopic (exact) mass is 480 g/mol. The molecule has 2 amide bonds. The molecule has 0 radical (unpaired) electrons. The highest BCUT2D eigenvalue weighted by atomic mass is 35.5. The van der Waals surface area contributed by atoms with Gasteiger partial charge in [0.2, 0.25) is 11.8 Å². The molecule has 0 spiro atoms. The molecule has 0 bridgehead atoms. The number of piperidine rings is 1. The van der Waals surface area contributed by atoms with Crippen molar-refractivity contribution in [3.05, 3.63) is 82.9 Å². The van der Waals surface area contributed by atoms with Crippen LogP contribution in [0, 0.1) is 11.3 Å². The van der Waals surface area contributed by atoms with Gasteiger partial charge in [-0.05, 0) is 47.4 Å². The topological polar surface area (TPSA) is 66.5 Å². The summed E-state index contributed by atoms with van der Waals surface area (Å²) in [6.45, 7) is 9.39. The van der Waals surface area contributed by atoms with Crippen LogP contribution in [-0.4, -0.2) is 41.6 Å². The fraction of sp³-hybridized carbons (Fsp3) is 0.393. The smallest absolute Gasteiger partial charge is 0.245 e. The second kappa shape index (κ2) is 11.0. The van der Waals surface area contributed by atoms with Gasteiger partial charge >= 0.3 is 0 Å². The van der Waals surface area contributed by atoms with Crippen LogP contribution < -0.4 is 5.32 Å². The molecular weight excluding hydrogens is 448 g/mol. The molecular formula is C28H33ClN2O3. The minimum atomic E-state index is -0.660. The van der Waals surface area contributed by atoms with Crippen molar-refractivity contribution in [1.29, 1.82) is 0 Å². The molecule has 0 aromatic heterocycles. The Morgan fingerprint density at radius 1 is 1.03 bits per heavy atom. The number of amides is 2. The second-order valence-corrected chi connectivity index (χ2v) is 10.4. The third-order valence-corrected chi connectivity index (χ3v) is 6.74. The average Bonchev–Trinajstić information content (AvgIpc) is 2.81. The van der Waals surface area contributed by atoms with E-state index in [0.717, 1.165) is 6.42 Å². The summed E-state index contributed by atoms with van der Waals surface area (Å²) >= 11 is 6.05. The summed E-state index contributed by atoms with van der Waals surface area (Å²) in [5.41, 5.74) is 1.60. The van der Waals surface area contributed by atoms with Crippen molar-refractivity contribution >= 4 is 29.2 Å². The molecule has 0 aliphatic carbocycles. The van der Waals surface area contributed by atoms with Gasteiger partial charge in [-0.3, -0.25) is 14.4 Å². The van der Waals surface area contributed by atoms with E-state index in [0.29, 0.717) is 29.6 Å². The van der Waals surface area contributed by atoms with Gasteiger partial charge in [-0.2, -0.15) is 0 Å². The largest absolute Gasteiger partial charge is 0.340 e. The Hall–Kier alpha value is -2.92. The molecule has 1 unspecified atom stereocenters. The molecule has 5 nitrogen and oxygen atoms in total. The maximum atomic E-state index is 13.4. The van der Waals surface area contributed by atoms with Crippen LogP contribution in [-0.2, 0) is 9.59 Å². The predicted octanol–water partition coefficient (Wildman–Crippen LogP) is 5.26. The van der Waals surface area contributed by atoms with E-state index in [4.69, 9.17) is 11.6 Å². The minimum Gasteiger partial charge on any atom is -0.340 e. The normalized spacial score (nSPS) is 18.6. The van der Waals surface area contributed by atoms with E-state index in [9.17, 15) is 14.4 Å². The highest BCUT2D eigenvalue weighted by molar-refractivity contribution is 6.30. The van der Waals surface area contributed by atoms with Crippen LogP contribution in [0.4, 0.5) is 0 Å². The van der Waals surface area contributed by atoms with Gasteiger partial charge < -0.3 is 10.2 Å². The number of carbonyl (C=O) groups is 3. The average molecular weight is 481 g/mol. The summed E-state index contributed by atoms with van der Waals surface area (Å²) in [5, 5.41) is 3.53. The van der Waals surface area contributed by atoms with Gasteiger partial charge in [-0.15, -0.1) is 0 Å². The van der Waals surface area contributed by atoms with Crippen molar-refractivity contribution in [3.8, 4) is 0 Å². The summed E-state index contributed by atoms with van der Waals surface area (Å²) in [7, 11) is 0. The van der Waals surface area contributed by atoms with Crippen LogP contribution in [0.3, 0.4) is 0 Å². The summed E-state index contributed by atoms with van der Waals surface area (Å²) in [6, 6.07) is 16.0. The van der Waals surface area contributed by atoms with E-state index >= 15 is 0 Å². The first-order valence-corrected chi connectivity index (χ1v) is 12.1. The van der Waals surface area contributed by atoms with E-state index < -0.39 is 11.9 Å². The Bertz CT molecular complexity index is 1050. The van der Waals surface area contributed by atoms with E-state index in [1.807, 2.05) is 36.9 Å². The molecule has 6 heteroatoms. The van der Waals surface area contributed by atoms with Gasteiger partial charge in [-0.1, -0.05) is 81.8 Å². The van der Waals surface area contributed by atoms with Crippen LogP contribution in [0.25, 0.3) is 0 Å². The van der Waals surface area contributed by atoms with Crippen molar-refractivity contribution in [2.45, 2.75) is 46.1 Å². The van der Waals surface area contributed by atoms with Crippen molar-refractivity contribution in [3.63, 3.8) is 0 Å². The highest BCUT2D eigenvalue weighted by Crippen LogP contribution is 2.42. The predicted molar refractivity (Wildman–Crippen MR) is 136 cm³/mol.